The van der Waals surface area contributed by atoms with E-state index in [4.69, 9.17) is 15.2 Å². The summed E-state index contributed by atoms with van der Waals surface area (Å²) in [5.74, 6) is 2.04. The van der Waals surface area contributed by atoms with E-state index in [0.717, 1.165) is 22.2 Å². The van der Waals surface area contributed by atoms with Gasteiger partial charge in [0.25, 0.3) is 0 Å². The maximum absolute atomic E-state index is 10.7. The van der Waals surface area contributed by atoms with Gasteiger partial charge in [-0.1, -0.05) is 6.07 Å². The third-order valence-corrected chi connectivity index (χ3v) is 3.86. The molecule has 1 heterocycles. The van der Waals surface area contributed by atoms with Crippen LogP contribution >= 0.6 is 0 Å². The third kappa shape index (κ3) is 5.34. The van der Waals surface area contributed by atoms with Crippen LogP contribution in [0.2, 0.25) is 0 Å². The molecule has 0 radical (unpaired) electrons. The summed E-state index contributed by atoms with van der Waals surface area (Å²) in [5.41, 5.74) is 7.03. The number of hydrogen-bond donors (Lipinski definition) is 2. The molecule has 1 aromatic heterocycles. The molecule has 2 amide bonds. The molecule has 140 valence electrons. The normalized spacial score (nSPS) is 10.8. The largest absolute Gasteiger partial charge is 0.491 e. The van der Waals surface area contributed by atoms with Gasteiger partial charge in [-0.15, -0.1) is 0 Å². The van der Waals surface area contributed by atoms with Gasteiger partial charge in [-0.3, -0.25) is 0 Å². The van der Waals surface area contributed by atoms with Crippen LogP contribution in [-0.4, -0.2) is 23.7 Å². The molecule has 0 aliphatic heterocycles. The van der Waals surface area contributed by atoms with Crippen molar-refractivity contribution in [3.05, 3.63) is 60.2 Å². The van der Waals surface area contributed by atoms with Crippen molar-refractivity contribution in [2.24, 2.45) is 5.73 Å². The summed E-state index contributed by atoms with van der Waals surface area (Å²) in [7, 11) is 0. The molecule has 0 spiro atoms. The highest BCUT2D eigenvalue weighted by atomic mass is 16.5. The Hall–Kier alpha value is -3.28. The average molecular weight is 365 g/mol. The zero-order valence-corrected chi connectivity index (χ0v) is 15.4. The molecule has 0 aliphatic carbocycles. The number of benzene rings is 2. The van der Waals surface area contributed by atoms with Gasteiger partial charge in [-0.05, 0) is 68.3 Å². The number of nitrogens with one attached hydrogen (secondary N) is 1. The Labute approximate surface area is 158 Å². The second-order valence-electron chi connectivity index (χ2n) is 6.46. The molecule has 6 heteroatoms. The highest BCUT2D eigenvalue weighted by Crippen LogP contribution is 2.25. The van der Waals surface area contributed by atoms with Crippen molar-refractivity contribution in [1.29, 1.82) is 0 Å². The number of fused-ring (bicyclic) bond motifs is 1. The van der Waals surface area contributed by atoms with Crippen molar-refractivity contribution in [2.45, 2.75) is 26.4 Å². The quantitative estimate of drug-likeness (QED) is 0.662. The summed E-state index contributed by atoms with van der Waals surface area (Å²) >= 11 is 0. The Morgan fingerprint density at radius 3 is 2.52 bits per heavy atom. The number of ether oxygens (including phenoxy) is 2. The van der Waals surface area contributed by atoms with E-state index in [1.54, 1.807) is 0 Å². The molecule has 0 fully saturated rings. The minimum atomic E-state index is -0.511. The van der Waals surface area contributed by atoms with E-state index in [0.29, 0.717) is 24.6 Å². The van der Waals surface area contributed by atoms with Gasteiger partial charge in [0, 0.05) is 18.0 Å². The van der Waals surface area contributed by atoms with E-state index < -0.39 is 6.03 Å². The predicted octanol–water partition coefficient (Wildman–Crippen LogP) is 4.03. The van der Waals surface area contributed by atoms with E-state index in [1.807, 2.05) is 68.4 Å². The van der Waals surface area contributed by atoms with Crippen molar-refractivity contribution >= 4 is 16.9 Å². The molecule has 0 bridgehead atoms. The molecule has 0 aliphatic rings. The second kappa shape index (κ2) is 8.40. The first-order valence-electron chi connectivity index (χ1n) is 8.87. The first-order chi connectivity index (χ1) is 13.0. The maximum atomic E-state index is 10.7. The van der Waals surface area contributed by atoms with Crippen LogP contribution in [0.1, 0.15) is 19.4 Å². The van der Waals surface area contributed by atoms with Gasteiger partial charge < -0.3 is 20.5 Å². The van der Waals surface area contributed by atoms with E-state index in [1.165, 1.54) is 0 Å². The van der Waals surface area contributed by atoms with E-state index in [9.17, 15) is 4.79 Å². The molecule has 3 N–H and O–H groups in total. The lowest BCUT2D eigenvalue weighted by Crippen LogP contribution is -2.30. The molecule has 0 atom stereocenters. The van der Waals surface area contributed by atoms with Gasteiger partial charge in [0.15, 0.2) is 0 Å². The number of aromatic nitrogens is 1. The SMILES string of the molecule is CC(C)Oc1ccc(Oc2ccc3cc(CCNC(N)=O)ccc3n2)cc1. The van der Waals surface area contributed by atoms with Gasteiger partial charge in [0.05, 0.1) is 11.6 Å². The summed E-state index contributed by atoms with van der Waals surface area (Å²) < 4.78 is 11.5. The van der Waals surface area contributed by atoms with Gasteiger partial charge in [-0.25, -0.2) is 9.78 Å². The van der Waals surface area contributed by atoms with Gasteiger partial charge >= 0.3 is 6.03 Å². The minimum Gasteiger partial charge on any atom is -0.491 e. The van der Waals surface area contributed by atoms with Gasteiger partial charge in [0.1, 0.15) is 11.5 Å². The summed E-state index contributed by atoms with van der Waals surface area (Å²) in [4.78, 5) is 15.3. The number of primary amides is 1. The lowest BCUT2D eigenvalue weighted by molar-refractivity contribution is 0.242. The minimum absolute atomic E-state index is 0.135. The first kappa shape index (κ1) is 18.5. The Morgan fingerprint density at radius 1 is 1.07 bits per heavy atom. The monoisotopic (exact) mass is 365 g/mol. The molecule has 3 aromatic rings. The number of carbonyl (C=O) groups is 1. The Balaban J connectivity index is 1.68. The topological polar surface area (TPSA) is 86.5 Å². The molecule has 2 aromatic carbocycles. The third-order valence-electron chi connectivity index (χ3n) is 3.86. The summed E-state index contributed by atoms with van der Waals surface area (Å²) in [5, 5.41) is 3.60. The van der Waals surface area contributed by atoms with Crippen LogP contribution in [0.25, 0.3) is 10.9 Å². The number of nitrogens with two attached hydrogens (primary N) is 1. The number of nitrogens with zero attached hydrogens (tertiary/aromatic N) is 1. The number of urea groups is 1. The van der Waals surface area contributed by atoms with Crippen LogP contribution in [0.3, 0.4) is 0 Å². The molecule has 27 heavy (non-hydrogen) atoms. The van der Waals surface area contributed by atoms with Crippen molar-refractivity contribution in [2.75, 3.05) is 6.54 Å². The van der Waals surface area contributed by atoms with Crippen molar-refractivity contribution in [3.63, 3.8) is 0 Å². The average Bonchev–Trinajstić information content (AvgIpc) is 2.63. The first-order valence-corrected chi connectivity index (χ1v) is 8.87. The van der Waals surface area contributed by atoms with E-state index >= 15 is 0 Å². The fourth-order valence-corrected chi connectivity index (χ4v) is 2.68. The summed E-state index contributed by atoms with van der Waals surface area (Å²) in [6, 6.07) is 16.8. The maximum Gasteiger partial charge on any atom is 0.312 e. The van der Waals surface area contributed by atoms with E-state index in [-0.39, 0.29) is 6.10 Å². The zero-order valence-electron chi connectivity index (χ0n) is 15.4. The highest BCUT2D eigenvalue weighted by Gasteiger charge is 2.04. The number of carbonyl (C=O) groups excluding carboxylic acids is 1. The smallest absolute Gasteiger partial charge is 0.312 e. The Bertz CT molecular complexity index is 924. The highest BCUT2D eigenvalue weighted by molar-refractivity contribution is 5.80. The van der Waals surface area contributed by atoms with Gasteiger partial charge in [-0.2, -0.15) is 0 Å². The number of rotatable bonds is 7. The van der Waals surface area contributed by atoms with Crippen LogP contribution in [0, 0.1) is 0 Å². The van der Waals surface area contributed by atoms with Crippen molar-refractivity contribution in [3.8, 4) is 17.4 Å². The fraction of sp³-hybridized carbons (Fsp3) is 0.238. The lowest BCUT2D eigenvalue weighted by Gasteiger charge is -2.11. The fourth-order valence-electron chi connectivity index (χ4n) is 2.68. The lowest BCUT2D eigenvalue weighted by atomic mass is 10.1. The van der Waals surface area contributed by atoms with Crippen molar-refractivity contribution < 1.29 is 14.3 Å². The number of amides is 2. The molecule has 0 saturated heterocycles. The molecule has 6 nitrogen and oxygen atoms in total. The second-order valence-corrected chi connectivity index (χ2v) is 6.46. The number of pyridine rings is 1. The Kier molecular flexibility index (Phi) is 5.76. The zero-order chi connectivity index (χ0) is 19.2. The molecule has 3 rings (SSSR count). The van der Waals surface area contributed by atoms with E-state index in [2.05, 4.69) is 10.3 Å². The molecule has 0 saturated carbocycles. The number of hydrogen-bond acceptors (Lipinski definition) is 4. The molecular weight excluding hydrogens is 342 g/mol. The van der Waals surface area contributed by atoms with Crippen LogP contribution in [0.4, 0.5) is 4.79 Å². The Morgan fingerprint density at radius 2 is 1.81 bits per heavy atom. The summed E-state index contributed by atoms with van der Waals surface area (Å²) in [6.07, 6.45) is 0.845. The van der Waals surface area contributed by atoms with Crippen LogP contribution in [0.5, 0.6) is 17.4 Å². The van der Waals surface area contributed by atoms with Crippen molar-refractivity contribution in [1.82, 2.24) is 10.3 Å². The van der Waals surface area contributed by atoms with Crippen LogP contribution < -0.4 is 20.5 Å². The van der Waals surface area contributed by atoms with Gasteiger partial charge in [0.2, 0.25) is 5.88 Å². The molecular formula is C21H23N3O3. The summed E-state index contributed by atoms with van der Waals surface area (Å²) in [6.45, 7) is 4.48. The standard InChI is InChI=1S/C21H23N3O3/c1-14(2)26-17-5-7-18(8-6-17)27-20-10-4-16-13-15(3-9-19(16)24-20)11-12-23-21(22)25/h3-10,13-14H,11-12H2,1-2H3,(H3,22,23,25). The predicted molar refractivity (Wildman–Crippen MR) is 105 cm³/mol. The molecule has 0 unspecified atom stereocenters. The van der Waals surface area contributed by atoms with Crippen LogP contribution in [0.15, 0.2) is 54.6 Å². The van der Waals surface area contributed by atoms with Crippen LogP contribution in [-0.2, 0) is 6.42 Å².